The number of hydrogen-bond acceptors (Lipinski definition) is 8. The normalized spacial score (nSPS) is 11.1. The van der Waals surface area contributed by atoms with E-state index < -0.39 is 17.4 Å². The molecule has 0 spiro atoms. The van der Waals surface area contributed by atoms with Crippen LogP contribution >= 0.6 is 12.2 Å². The van der Waals surface area contributed by atoms with Crippen molar-refractivity contribution in [1.82, 2.24) is 18.7 Å². The molecule has 0 aromatic carbocycles. The lowest BCUT2D eigenvalue weighted by molar-refractivity contribution is 0.0515. The second-order valence-electron chi connectivity index (χ2n) is 6.89. The molecule has 1 N–H and O–H groups in total. The summed E-state index contributed by atoms with van der Waals surface area (Å²) >= 11 is 5.18. The Bertz CT molecular complexity index is 1170. The van der Waals surface area contributed by atoms with Crippen molar-refractivity contribution in [1.29, 1.82) is 0 Å². The Kier molecular flexibility index (Phi) is 8.83. The van der Waals surface area contributed by atoms with Crippen molar-refractivity contribution in [3.8, 4) is 5.88 Å². The number of nitrogens with zero attached hydrogens (tertiary/aromatic N) is 7. The molecule has 2 aromatic rings. The van der Waals surface area contributed by atoms with Gasteiger partial charge >= 0.3 is 17.7 Å². The van der Waals surface area contributed by atoms with Gasteiger partial charge in [-0.15, -0.1) is 5.11 Å². The minimum Gasteiger partial charge on any atom is -0.493 e. The van der Waals surface area contributed by atoms with E-state index in [4.69, 9.17) is 23.5 Å². The SMILES string of the molecule is [C-]#[N+]c1nc(N=Nc2c(O)n(C)c(=S)n(CC)c2=O)n(CCCCCC)c1C(=O)OCC. The fraction of sp³-hybridized carbons (Fsp3) is 0.550. The fourth-order valence-electron chi connectivity index (χ4n) is 3.09. The minimum absolute atomic E-state index is 0.00560. The van der Waals surface area contributed by atoms with Gasteiger partial charge < -0.3 is 14.7 Å². The van der Waals surface area contributed by atoms with E-state index in [-0.39, 0.29) is 41.1 Å². The summed E-state index contributed by atoms with van der Waals surface area (Å²) in [6, 6.07) is 0. The van der Waals surface area contributed by atoms with Crippen LogP contribution in [0.1, 0.15) is 56.9 Å². The van der Waals surface area contributed by atoms with E-state index in [1.165, 1.54) is 20.7 Å². The average Bonchev–Trinajstić information content (AvgIpc) is 3.13. The second-order valence-corrected chi connectivity index (χ2v) is 7.26. The Morgan fingerprint density at radius 1 is 1.22 bits per heavy atom. The van der Waals surface area contributed by atoms with E-state index in [9.17, 15) is 14.7 Å². The standard InChI is InChI=1S/C20H27N7O4S/c1-6-9-10-11-12-27-14(18(30)31-8-3)15(21-4)22-19(27)24-23-13-16(28)25(5)20(32)26(7-2)17(13)29/h28H,6-12H2,1-3,5H3. The zero-order valence-corrected chi connectivity index (χ0v) is 19.5. The topological polar surface area (TPSA) is 120 Å². The van der Waals surface area contributed by atoms with Crippen LogP contribution in [0.4, 0.5) is 17.5 Å². The molecule has 0 saturated carbocycles. The zero-order valence-electron chi connectivity index (χ0n) is 18.7. The van der Waals surface area contributed by atoms with E-state index in [1.807, 2.05) is 0 Å². The predicted octanol–water partition coefficient (Wildman–Crippen LogP) is 4.56. The number of unbranched alkanes of at least 4 members (excludes halogenated alkanes) is 3. The molecule has 2 rings (SSSR count). The quantitative estimate of drug-likeness (QED) is 0.182. The Balaban J connectivity index is 2.60. The van der Waals surface area contributed by atoms with E-state index in [0.29, 0.717) is 6.54 Å². The monoisotopic (exact) mass is 461 g/mol. The number of carbonyl (C=O) groups is 1. The number of ether oxygens (including phenoxy) is 1. The number of imidazole rings is 1. The third-order valence-electron chi connectivity index (χ3n) is 4.79. The Labute approximate surface area is 190 Å². The van der Waals surface area contributed by atoms with Crippen LogP contribution in [0.5, 0.6) is 5.88 Å². The maximum atomic E-state index is 12.7. The van der Waals surface area contributed by atoms with Gasteiger partial charge in [0.1, 0.15) is 0 Å². The molecule has 0 saturated heterocycles. The van der Waals surface area contributed by atoms with Crippen LogP contribution in [-0.2, 0) is 24.9 Å². The fourth-order valence-corrected chi connectivity index (χ4v) is 3.39. The Morgan fingerprint density at radius 2 is 1.94 bits per heavy atom. The Hall–Kier alpha value is -3.33. The molecule has 0 bridgehead atoms. The highest BCUT2D eigenvalue weighted by molar-refractivity contribution is 7.71. The lowest BCUT2D eigenvalue weighted by atomic mass is 10.2. The molecule has 0 radical (unpaired) electrons. The highest BCUT2D eigenvalue weighted by Gasteiger charge is 2.26. The molecule has 0 aliphatic carbocycles. The molecular formula is C20H27N7O4S. The summed E-state index contributed by atoms with van der Waals surface area (Å²) in [5.74, 6) is -1.30. The Morgan fingerprint density at radius 3 is 2.53 bits per heavy atom. The van der Waals surface area contributed by atoms with Crippen molar-refractivity contribution in [3.63, 3.8) is 0 Å². The maximum absolute atomic E-state index is 12.7. The first-order valence-electron chi connectivity index (χ1n) is 10.4. The van der Waals surface area contributed by atoms with Gasteiger partial charge in [0.25, 0.3) is 5.56 Å². The molecule has 172 valence electrons. The number of aromatic hydroxyl groups is 1. The van der Waals surface area contributed by atoms with Crippen molar-refractivity contribution in [2.75, 3.05) is 6.61 Å². The van der Waals surface area contributed by atoms with Gasteiger partial charge in [0, 0.05) is 20.1 Å². The maximum Gasteiger partial charge on any atom is 0.345 e. The summed E-state index contributed by atoms with van der Waals surface area (Å²) in [5, 5.41) is 18.3. The number of carbonyl (C=O) groups excluding carboxylic acids is 1. The highest BCUT2D eigenvalue weighted by atomic mass is 32.1. The van der Waals surface area contributed by atoms with Gasteiger partial charge in [-0.2, -0.15) is 0 Å². The predicted molar refractivity (Wildman–Crippen MR) is 121 cm³/mol. The first-order chi connectivity index (χ1) is 15.3. The van der Waals surface area contributed by atoms with Crippen molar-refractivity contribution >= 4 is 35.6 Å². The van der Waals surface area contributed by atoms with Gasteiger partial charge in [0.15, 0.2) is 10.5 Å². The van der Waals surface area contributed by atoms with Crippen molar-refractivity contribution in [2.45, 2.75) is 59.5 Å². The highest BCUT2D eigenvalue weighted by Crippen LogP contribution is 2.29. The number of azo groups is 1. The van der Waals surface area contributed by atoms with Gasteiger partial charge in [-0.25, -0.2) is 4.79 Å². The third-order valence-corrected chi connectivity index (χ3v) is 5.28. The van der Waals surface area contributed by atoms with E-state index in [0.717, 1.165) is 25.7 Å². The molecule has 2 aromatic heterocycles. The lowest BCUT2D eigenvalue weighted by Crippen LogP contribution is -2.23. The summed E-state index contributed by atoms with van der Waals surface area (Å²) in [6.07, 6.45) is 3.70. The van der Waals surface area contributed by atoms with Gasteiger partial charge in [0.05, 0.1) is 6.61 Å². The number of aromatic nitrogens is 4. The van der Waals surface area contributed by atoms with Crippen LogP contribution < -0.4 is 5.56 Å². The van der Waals surface area contributed by atoms with Crippen LogP contribution in [0.25, 0.3) is 4.85 Å². The zero-order chi connectivity index (χ0) is 23.8. The molecule has 0 fully saturated rings. The van der Waals surface area contributed by atoms with Gasteiger partial charge in [-0.1, -0.05) is 42.9 Å². The number of hydrogen-bond donors (Lipinski definition) is 1. The van der Waals surface area contributed by atoms with Crippen LogP contribution in [0, 0.1) is 11.3 Å². The molecular weight excluding hydrogens is 434 g/mol. The molecule has 0 unspecified atom stereocenters. The van der Waals surface area contributed by atoms with Gasteiger partial charge in [-0.3, -0.25) is 18.5 Å². The smallest absolute Gasteiger partial charge is 0.345 e. The van der Waals surface area contributed by atoms with Crippen LogP contribution in [-0.4, -0.2) is 36.4 Å². The summed E-state index contributed by atoms with van der Waals surface area (Å²) in [7, 11) is 1.51. The first-order valence-corrected chi connectivity index (χ1v) is 10.8. The molecule has 0 atom stereocenters. The number of esters is 1. The van der Waals surface area contributed by atoms with E-state index in [2.05, 4.69) is 27.0 Å². The molecule has 0 aliphatic heterocycles. The molecule has 32 heavy (non-hydrogen) atoms. The van der Waals surface area contributed by atoms with Crippen molar-refractivity contribution < 1.29 is 14.6 Å². The van der Waals surface area contributed by atoms with Crippen molar-refractivity contribution in [2.24, 2.45) is 17.3 Å². The summed E-state index contributed by atoms with van der Waals surface area (Å²) in [5.41, 5.74) is -0.923. The third kappa shape index (κ3) is 5.11. The number of rotatable bonds is 10. The van der Waals surface area contributed by atoms with Crippen molar-refractivity contribution in [3.05, 3.63) is 32.2 Å². The molecule has 2 heterocycles. The van der Waals surface area contributed by atoms with Gasteiger partial charge in [-0.05, 0) is 32.5 Å². The second kappa shape index (κ2) is 11.3. The summed E-state index contributed by atoms with van der Waals surface area (Å²) in [6.45, 7) is 13.7. The molecule has 0 amide bonds. The summed E-state index contributed by atoms with van der Waals surface area (Å²) in [4.78, 5) is 32.6. The first kappa shape index (κ1) is 24.9. The van der Waals surface area contributed by atoms with Crippen LogP contribution in [0.2, 0.25) is 0 Å². The summed E-state index contributed by atoms with van der Waals surface area (Å²) < 4.78 is 9.23. The van der Waals surface area contributed by atoms with E-state index >= 15 is 0 Å². The average molecular weight is 462 g/mol. The van der Waals surface area contributed by atoms with Crippen LogP contribution in [0.15, 0.2) is 15.0 Å². The molecule has 12 heteroatoms. The van der Waals surface area contributed by atoms with E-state index in [1.54, 1.807) is 13.8 Å². The minimum atomic E-state index is -0.680. The van der Waals surface area contributed by atoms with Crippen LogP contribution in [0.3, 0.4) is 0 Å². The molecule has 11 nitrogen and oxygen atoms in total. The lowest BCUT2D eigenvalue weighted by Gasteiger charge is -2.10. The molecule has 0 aliphatic rings. The largest absolute Gasteiger partial charge is 0.493 e. The van der Waals surface area contributed by atoms with Gasteiger partial charge in [0.2, 0.25) is 11.6 Å².